The smallest absolute Gasteiger partial charge is 0.326 e. The maximum absolute atomic E-state index is 12.8. The Labute approximate surface area is 151 Å². The molecule has 132 valence electrons. The van der Waals surface area contributed by atoms with Gasteiger partial charge in [0.15, 0.2) is 0 Å². The molecule has 1 aromatic heterocycles. The van der Waals surface area contributed by atoms with Crippen molar-refractivity contribution in [3.63, 3.8) is 0 Å². The summed E-state index contributed by atoms with van der Waals surface area (Å²) in [7, 11) is 0. The van der Waals surface area contributed by atoms with Crippen LogP contribution >= 0.6 is 0 Å². The van der Waals surface area contributed by atoms with Crippen molar-refractivity contribution in [3.8, 4) is 0 Å². The van der Waals surface area contributed by atoms with Crippen LogP contribution in [0.4, 0.5) is 0 Å². The van der Waals surface area contributed by atoms with Gasteiger partial charge in [-0.1, -0.05) is 36.4 Å². The quantitative estimate of drug-likeness (QED) is 0.759. The molecule has 2 N–H and O–H groups in total. The minimum atomic E-state index is -0.934. The van der Waals surface area contributed by atoms with Gasteiger partial charge in [0.05, 0.1) is 0 Å². The zero-order valence-corrected chi connectivity index (χ0v) is 14.3. The zero-order chi connectivity index (χ0) is 18.1. The number of nitrogens with zero attached hydrogens (tertiary/aromatic N) is 1. The predicted molar refractivity (Wildman–Crippen MR) is 99.0 cm³/mol. The Morgan fingerprint density at radius 2 is 1.81 bits per heavy atom. The Morgan fingerprint density at radius 3 is 2.58 bits per heavy atom. The maximum Gasteiger partial charge on any atom is 0.326 e. The SMILES string of the molecule is O=C(O)C1C(Cc2c[nH]c3ccccc23)CCN1C(=O)c1ccccc1. The Kier molecular flexibility index (Phi) is 4.21. The van der Waals surface area contributed by atoms with Gasteiger partial charge >= 0.3 is 5.97 Å². The maximum atomic E-state index is 12.8. The van der Waals surface area contributed by atoms with E-state index in [1.165, 1.54) is 4.90 Å². The first-order valence-electron chi connectivity index (χ1n) is 8.79. The van der Waals surface area contributed by atoms with Gasteiger partial charge in [0.2, 0.25) is 0 Å². The predicted octanol–water partition coefficient (Wildman–Crippen LogP) is 3.33. The zero-order valence-electron chi connectivity index (χ0n) is 14.3. The van der Waals surface area contributed by atoms with Crippen molar-refractivity contribution in [2.24, 2.45) is 5.92 Å². The number of aromatic amines is 1. The summed E-state index contributed by atoms with van der Waals surface area (Å²) in [5.74, 6) is -1.24. The minimum Gasteiger partial charge on any atom is -0.480 e. The average Bonchev–Trinajstić information content (AvgIpc) is 3.27. The topological polar surface area (TPSA) is 73.4 Å². The minimum absolute atomic E-state index is 0.0978. The molecule has 5 heteroatoms. The lowest BCUT2D eigenvalue weighted by Crippen LogP contribution is -2.43. The fourth-order valence-corrected chi connectivity index (χ4v) is 3.96. The Hall–Kier alpha value is -3.08. The van der Waals surface area contributed by atoms with Crippen molar-refractivity contribution in [1.29, 1.82) is 0 Å². The molecule has 2 heterocycles. The van der Waals surface area contributed by atoms with Crippen molar-refractivity contribution < 1.29 is 14.7 Å². The number of fused-ring (bicyclic) bond motifs is 1. The van der Waals surface area contributed by atoms with E-state index < -0.39 is 12.0 Å². The highest BCUT2D eigenvalue weighted by Gasteiger charge is 2.42. The van der Waals surface area contributed by atoms with Crippen LogP contribution in [-0.4, -0.2) is 39.5 Å². The second kappa shape index (κ2) is 6.67. The number of rotatable bonds is 4. The summed E-state index contributed by atoms with van der Waals surface area (Å²) in [6.45, 7) is 0.470. The number of hydrogen-bond acceptors (Lipinski definition) is 2. The molecule has 2 aromatic carbocycles. The van der Waals surface area contributed by atoms with E-state index in [4.69, 9.17) is 0 Å². The number of H-pyrrole nitrogens is 1. The Morgan fingerprint density at radius 1 is 1.08 bits per heavy atom. The van der Waals surface area contributed by atoms with Crippen LogP contribution < -0.4 is 0 Å². The number of carboxylic acid groups (broad SMARTS) is 1. The summed E-state index contributed by atoms with van der Waals surface area (Å²) in [6.07, 6.45) is 3.28. The van der Waals surface area contributed by atoms with Gasteiger partial charge in [0.1, 0.15) is 6.04 Å². The van der Waals surface area contributed by atoms with E-state index in [0.717, 1.165) is 16.5 Å². The van der Waals surface area contributed by atoms with Crippen molar-refractivity contribution in [1.82, 2.24) is 9.88 Å². The Balaban J connectivity index is 1.59. The number of aromatic nitrogens is 1. The van der Waals surface area contributed by atoms with E-state index in [1.54, 1.807) is 24.3 Å². The van der Waals surface area contributed by atoms with Crippen LogP contribution in [0.3, 0.4) is 0 Å². The standard InChI is InChI=1S/C21H20N2O3/c24-20(14-6-2-1-3-7-14)23-11-10-15(19(23)21(25)26)12-16-13-22-18-9-5-4-8-17(16)18/h1-9,13,15,19,22H,10-12H2,(H,25,26). The van der Waals surface area contributed by atoms with Gasteiger partial charge in [-0.25, -0.2) is 4.79 Å². The number of carbonyl (C=O) groups excluding carboxylic acids is 1. The molecule has 1 saturated heterocycles. The van der Waals surface area contributed by atoms with Crippen LogP contribution in [0.25, 0.3) is 10.9 Å². The first kappa shape index (κ1) is 16.4. The molecule has 26 heavy (non-hydrogen) atoms. The van der Waals surface area contributed by atoms with E-state index in [0.29, 0.717) is 24.9 Å². The third kappa shape index (κ3) is 2.86. The second-order valence-corrected chi connectivity index (χ2v) is 6.76. The number of likely N-dealkylation sites (tertiary alicyclic amines) is 1. The van der Waals surface area contributed by atoms with Crippen LogP contribution in [0.5, 0.6) is 0 Å². The third-order valence-electron chi connectivity index (χ3n) is 5.21. The van der Waals surface area contributed by atoms with Gasteiger partial charge in [-0.05, 0) is 42.5 Å². The first-order valence-corrected chi connectivity index (χ1v) is 8.79. The molecule has 0 bridgehead atoms. The molecule has 2 unspecified atom stereocenters. The number of amides is 1. The van der Waals surface area contributed by atoms with Crippen LogP contribution in [0, 0.1) is 5.92 Å². The van der Waals surface area contributed by atoms with E-state index >= 15 is 0 Å². The van der Waals surface area contributed by atoms with E-state index in [9.17, 15) is 14.7 Å². The molecule has 1 aliphatic rings. The highest BCUT2D eigenvalue weighted by atomic mass is 16.4. The number of nitrogens with one attached hydrogen (secondary N) is 1. The van der Waals surface area contributed by atoms with Gasteiger partial charge < -0.3 is 15.0 Å². The number of hydrogen-bond donors (Lipinski definition) is 2. The molecular weight excluding hydrogens is 328 g/mol. The van der Waals surface area contributed by atoms with Crippen LogP contribution in [0.15, 0.2) is 60.8 Å². The summed E-state index contributed by atoms with van der Waals surface area (Å²) >= 11 is 0. The van der Waals surface area contributed by atoms with E-state index in [-0.39, 0.29) is 11.8 Å². The molecule has 2 atom stereocenters. The monoisotopic (exact) mass is 348 g/mol. The normalized spacial score (nSPS) is 19.8. The van der Waals surface area contributed by atoms with Crippen LogP contribution in [-0.2, 0) is 11.2 Å². The lowest BCUT2D eigenvalue weighted by molar-refractivity contribution is -0.142. The lowest BCUT2D eigenvalue weighted by atomic mass is 9.92. The highest BCUT2D eigenvalue weighted by molar-refractivity contribution is 5.97. The average molecular weight is 348 g/mol. The van der Waals surface area contributed by atoms with Crippen molar-refractivity contribution in [2.45, 2.75) is 18.9 Å². The highest BCUT2D eigenvalue weighted by Crippen LogP contribution is 2.31. The molecule has 0 saturated carbocycles. The second-order valence-electron chi connectivity index (χ2n) is 6.76. The molecule has 5 nitrogen and oxygen atoms in total. The summed E-state index contributed by atoms with van der Waals surface area (Å²) in [4.78, 5) is 29.5. The van der Waals surface area contributed by atoms with E-state index in [1.807, 2.05) is 36.5 Å². The van der Waals surface area contributed by atoms with Gasteiger partial charge in [0.25, 0.3) is 5.91 Å². The number of aliphatic carboxylic acids is 1. The summed E-state index contributed by atoms with van der Waals surface area (Å²) in [5, 5.41) is 10.9. The Bertz CT molecular complexity index is 948. The number of carboxylic acids is 1. The number of carbonyl (C=O) groups is 2. The number of benzene rings is 2. The molecule has 1 amide bonds. The lowest BCUT2D eigenvalue weighted by Gasteiger charge is -2.25. The molecule has 1 aliphatic heterocycles. The van der Waals surface area contributed by atoms with Gasteiger partial charge in [-0.15, -0.1) is 0 Å². The van der Waals surface area contributed by atoms with E-state index in [2.05, 4.69) is 4.98 Å². The van der Waals surface area contributed by atoms with Crippen molar-refractivity contribution in [2.75, 3.05) is 6.54 Å². The molecule has 0 spiro atoms. The fraction of sp³-hybridized carbons (Fsp3) is 0.238. The summed E-state index contributed by atoms with van der Waals surface area (Å²) in [5.41, 5.74) is 2.68. The van der Waals surface area contributed by atoms with Crippen molar-refractivity contribution >= 4 is 22.8 Å². The number of para-hydroxylation sites is 1. The fourth-order valence-electron chi connectivity index (χ4n) is 3.96. The van der Waals surface area contributed by atoms with Crippen LogP contribution in [0.1, 0.15) is 22.3 Å². The first-order chi connectivity index (χ1) is 12.6. The largest absolute Gasteiger partial charge is 0.480 e. The summed E-state index contributed by atoms with van der Waals surface area (Å²) in [6, 6.07) is 16.1. The van der Waals surface area contributed by atoms with Gasteiger partial charge in [-0.2, -0.15) is 0 Å². The molecule has 1 fully saturated rings. The molecule has 0 aliphatic carbocycles. The molecular formula is C21H20N2O3. The van der Waals surface area contributed by atoms with Gasteiger partial charge in [0, 0.05) is 29.2 Å². The molecule has 4 rings (SSSR count). The van der Waals surface area contributed by atoms with Crippen molar-refractivity contribution in [3.05, 3.63) is 71.9 Å². The van der Waals surface area contributed by atoms with Crippen LogP contribution in [0.2, 0.25) is 0 Å². The van der Waals surface area contributed by atoms with Gasteiger partial charge in [-0.3, -0.25) is 4.79 Å². The third-order valence-corrected chi connectivity index (χ3v) is 5.21. The molecule has 3 aromatic rings. The summed E-state index contributed by atoms with van der Waals surface area (Å²) < 4.78 is 0. The molecule has 0 radical (unpaired) electrons.